The summed E-state index contributed by atoms with van der Waals surface area (Å²) >= 11 is 0. The second-order valence-electron chi connectivity index (χ2n) is 8.25. The molecule has 0 aromatic heterocycles. The summed E-state index contributed by atoms with van der Waals surface area (Å²) in [6, 6.07) is 14.3. The van der Waals surface area contributed by atoms with Crippen molar-refractivity contribution in [1.29, 1.82) is 0 Å². The van der Waals surface area contributed by atoms with Gasteiger partial charge in [0.05, 0.1) is 0 Å². The highest BCUT2D eigenvalue weighted by atomic mass is 16.6. The van der Waals surface area contributed by atoms with Gasteiger partial charge in [0, 0.05) is 50.5 Å². The van der Waals surface area contributed by atoms with Crippen LogP contribution in [0.1, 0.15) is 29.8 Å². The maximum atomic E-state index is 12.9. The van der Waals surface area contributed by atoms with Crippen molar-refractivity contribution in [2.24, 2.45) is 0 Å². The molecule has 2 N–H and O–H groups in total. The van der Waals surface area contributed by atoms with E-state index in [-0.39, 0.29) is 5.91 Å². The van der Waals surface area contributed by atoms with Gasteiger partial charge in [0.1, 0.15) is 5.75 Å². The van der Waals surface area contributed by atoms with Crippen LogP contribution >= 0.6 is 0 Å². The number of amides is 2. The van der Waals surface area contributed by atoms with Gasteiger partial charge in [-0.1, -0.05) is 12.1 Å². The van der Waals surface area contributed by atoms with E-state index in [1.807, 2.05) is 39.0 Å². The van der Waals surface area contributed by atoms with E-state index < -0.39 is 24.7 Å². The van der Waals surface area contributed by atoms with Crippen LogP contribution in [0, 0.1) is 6.92 Å². The van der Waals surface area contributed by atoms with Gasteiger partial charge < -0.3 is 29.9 Å². The molecular weight excluding hydrogens is 448 g/mol. The third-order valence-corrected chi connectivity index (χ3v) is 5.79. The monoisotopic (exact) mass is 482 g/mol. The van der Waals surface area contributed by atoms with Crippen LogP contribution in [0.2, 0.25) is 0 Å². The number of likely N-dealkylation sites (N-methyl/N-ethyl adjacent to an activating group) is 1. The second-order valence-corrected chi connectivity index (χ2v) is 8.25. The summed E-state index contributed by atoms with van der Waals surface area (Å²) in [7, 11) is 0. The molecule has 0 spiro atoms. The fourth-order valence-electron chi connectivity index (χ4n) is 3.79. The minimum Gasteiger partial charge on any atom is -0.459 e. The number of esters is 1. The first-order chi connectivity index (χ1) is 16.9. The molecule has 35 heavy (non-hydrogen) atoms. The lowest BCUT2D eigenvalue weighted by Gasteiger charge is -2.29. The third kappa shape index (κ3) is 7.45. The summed E-state index contributed by atoms with van der Waals surface area (Å²) in [5.74, 6) is -1.25. The number of benzene rings is 2. The number of hydrogen-bond donors (Lipinski definition) is 2. The second kappa shape index (κ2) is 12.8. The van der Waals surface area contributed by atoms with Crippen LogP contribution in [0.15, 0.2) is 48.5 Å². The van der Waals surface area contributed by atoms with Gasteiger partial charge in [0.2, 0.25) is 0 Å². The molecule has 3 rings (SSSR count). The van der Waals surface area contributed by atoms with E-state index in [2.05, 4.69) is 15.5 Å². The van der Waals surface area contributed by atoms with E-state index in [1.54, 1.807) is 35.2 Å². The predicted octanol–water partition coefficient (Wildman–Crippen LogP) is 1.95. The van der Waals surface area contributed by atoms with Crippen LogP contribution in [-0.4, -0.2) is 74.8 Å². The number of carbonyl (C=O) groups is 3. The van der Waals surface area contributed by atoms with Gasteiger partial charge in [-0.15, -0.1) is 0 Å². The number of ether oxygens (including phenoxy) is 2. The molecule has 0 saturated carbocycles. The highest BCUT2D eigenvalue weighted by Crippen LogP contribution is 2.17. The average Bonchev–Trinajstić information content (AvgIpc) is 2.88. The Morgan fingerprint density at radius 1 is 1.06 bits per heavy atom. The zero-order valence-electron chi connectivity index (χ0n) is 20.6. The maximum absolute atomic E-state index is 12.9. The smallest absolute Gasteiger partial charge is 0.369 e. The van der Waals surface area contributed by atoms with Crippen molar-refractivity contribution >= 4 is 23.5 Å². The molecule has 188 valence electrons. The largest absolute Gasteiger partial charge is 0.459 e. The highest BCUT2D eigenvalue weighted by molar-refractivity contribution is 5.97. The first-order valence-corrected chi connectivity index (χ1v) is 12.0. The summed E-state index contributed by atoms with van der Waals surface area (Å²) in [5.41, 5.74) is 2.35. The number of nitrogens with zero attached hydrogens (tertiary/aromatic N) is 2. The number of aryl methyl sites for hydroxylation is 1. The molecule has 1 aliphatic rings. The van der Waals surface area contributed by atoms with Crippen molar-refractivity contribution in [2.45, 2.75) is 27.0 Å². The van der Waals surface area contributed by atoms with Gasteiger partial charge in [0.25, 0.3) is 18.0 Å². The van der Waals surface area contributed by atoms with Crippen LogP contribution in [-0.2, 0) is 14.3 Å². The van der Waals surface area contributed by atoms with E-state index in [9.17, 15) is 14.4 Å². The highest BCUT2D eigenvalue weighted by Gasteiger charge is 2.26. The molecule has 0 aliphatic carbocycles. The first kappa shape index (κ1) is 26.0. The summed E-state index contributed by atoms with van der Waals surface area (Å²) in [6.07, 6.45) is -1.42. The molecule has 1 aliphatic heterocycles. The van der Waals surface area contributed by atoms with Crippen molar-refractivity contribution in [3.63, 3.8) is 0 Å². The molecule has 1 heterocycles. The standard InChI is InChI=1S/C26H34N4O5/c1-4-29(5-2)23(31)18-34-26(33)25(35-22-8-6-7-19(3)17-22)28-24(32)20-9-11-21(12-10-20)30-15-13-27-14-16-30/h6-12,17,25,27H,4-5,13-16,18H2,1-3H3,(H,28,32). The Kier molecular flexibility index (Phi) is 9.48. The van der Waals surface area contributed by atoms with E-state index in [4.69, 9.17) is 9.47 Å². The lowest BCUT2D eigenvalue weighted by Crippen LogP contribution is -2.47. The molecule has 9 heteroatoms. The molecule has 1 saturated heterocycles. The van der Waals surface area contributed by atoms with Crippen molar-refractivity contribution in [1.82, 2.24) is 15.5 Å². The molecule has 0 radical (unpaired) electrons. The predicted molar refractivity (Wildman–Crippen MR) is 133 cm³/mol. The van der Waals surface area contributed by atoms with Gasteiger partial charge in [-0.25, -0.2) is 4.79 Å². The minimum absolute atomic E-state index is 0.313. The summed E-state index contributed by atoms with van der Waals surface area (Å²) < 4.78 is 11.0. The minimum atomic E-state index is -1.42. The van der Waals surface area contributed by atoms with Crippen LogP contribution in [0.4, 0.5) is 5.69 Å². The fourth-order valence-corrected chi connectivity index (χ4v) is 3.79. The Bertz CT molecular complexity index is 1000. The van der Waals surface area contributed by atoms with E-state index in [0.29, 0.717) is 24.4 Å². The summed E-state index contributed by atoms with van der Waals surface area (Å²) in [4.78, 5) is 41.8. The van der Waals surface area contributed by atoms with Gasteiger partial charge in [0.15, 0.2) is 6.61 Å². The number of carbonyl (C=O) groups excluding carboxylic acids is 3. The SMILES string of the molecule is CCN(CC)C(=O)COC(=O)C(NC(=O)c1ccc(N2CCNCC2)cc1)Oc1cccc(C)c1. The van der Waals surface area contributed by atoms with E-state index >= 15 is 0 Å². The number of anilines is 1. The Balaban J connectivity index is 1.69. The number of nitrogens with one attached hydrogen (secondary N) is 2. The third-order valence-electron chi connectivity index (χ3n) is 5.79. The molecule has 0 bridgehead atoms. The Morgan fingerprint density at radius 2 is 1.74 bits per heavy atom. The normalized spacial score (nSPS) is 14.1. The topological polar surface area (TPSA) is 100 Å². The molecule has 9 nitrogen and oxygen atoms in total. The van der Waals surface area contributed by atoms with Crippen LogP contribution in [0.3, 0.4) is 0 Å². The van der Waals surface area contributed by atoms with Crippen molar-refractivity contribution in [3.05, 3.63) is 59.7 Å². The number of rotatable bonds is 10. The zero-order chi connectivity index (χ0) is 25.2. The van der Waals surface area contributed by atoms with Crippen molar-refractivity contribution < 1.29 is 23.9 Å². The average molecular weight is 483 g/mol. The number of hydrogen-bond acceptors (Lipinski definition) is 7. The van der Waals surface area contributed by atoms with Gasteiger partial charge in [-0.3, -0.25) is 9.59 Å². The van der Waals surface area contributed by atoms with Gasteiger partial charge in [-0.2, -0.15) is 0 Å². The lowest BCUT2D eigenvalue weighted by atomic mass is 10.1. The Morgan fingerprint density at radius 3 is 2.37 bits per heavy atom. The first-order valence-electron chi connectivity index (χ1n) is 12.0. The van der Waals surface area contributed by atoms with E-state index in [0.717, 1.165) is 37.4 Å². The summed E-state index contributed by atoms with van der Waals surface area (Å²) in [6.45, 7) is 9.81. The molecule has 2 amide bonds. The van der Waals surface area contributed by atoms with Crippen LogP contribution in [0.5, 0.6) is 5.75 Å². The molecular formula is C26H34N4O5. The molecule has 1 atom stereocenters. The lowest BCUT2D eigenvalue weighted by molar-refractivity contribution is -0.158. The Hall–Kier alpha value is -3.59. The molecule has 2 aromatic rings. The molecule has 1 fully saturated rings. The van der Waals surface area contributed by atoms with Crippen LogP contribution in [0.25, 0.3) is 0 Å². The molecule has 1 unspecified atom stereocenters. The van der Waals surface area contributed by atoms with Crippen molar-refractivity contribution in [2.75, 3.05) is 50.8 Å². The Labute approximate surface area is 206 Å². The zero-order valence-corrected chi connectivity index (χ0v) is 20.6. The summed E-state index contributed by atoms with van der Waals surface area (Å²) in [5, 5.41) is 5.91. The van der Waals surface area contributed by atoms with E-state index in [1.165, 1.54) is 0 Å². The fraction of sp³-hybridized carbons (Fsp3) is 0.423. The quantitative estimate of drug-likeness (QED) is 0.394. The van der Waals surface area contributed by atoms with Crippen molar-refractivity contribution in [3.8, 4) is 5.75 Å². The van der Waals surface area contributed by atoms with Gasteiger partial charge >= 0.3 is 5.97 Å². The number of piperazine rings is 1. The maximum Gasteiger partial charge on any atom is 0.369 e. The molecule has 2 aromatic carbocycles. The van der Waals surface area contributed by atoms with Gasteiger partial charge in [-0.05, 0) is 62.7 Å². The van der Waals surface area contributed by atoms with Crippen LogP contribution < -0.4 is 20.3 Å².